The number of rotatable bonds is 44. The first kappa shape index (κ1) is 52.6. The van der Waals surface area contributed by atoms with E-state index in [2.05, 4.69) is 55.6 Å². The maximum atomic E-state index is 12.3. The molecule has 0 rings (SSSR count). The summed E-state index contributed by atoms with van der Waals surface area (Å²) in [5.41, 5.74) is 0. The number of aliphatic hydroxyl groups excluding tert-OH is 2. The fourth-order valence-electron chi connectivity index (χ4n) is 7.43. The van der Waals surface area contributed by atoms with Gasteiger partial charge in [0.05, 0.1) is 18.8 Å². The van der Waals surface area contributed by atoms with Crippen LogP contribution in [0.25, 0.3) is 0 Å². The Balaban J connectivity index is 3.36. The summed E-state index contributed by atoms with van der Waals surface area (Å²) in [6.07, 6.45) is 61.3. The van der Waals surface area contributed by atoms with E-state index < -0.39 is 12.1 Å². The van der Waals surface area contributed by atoms with Gasteiger partial charge in [0, 0.05) is 6.42 Å². The third kappa shape index (κ3) is 41.8. The molecule has 0 saturated heterocycles. The Hall–Kier alpha value is -1.39. The SMILES string of the molecule is CCCCCCC/C=C\C/C=C\C/C=C\CCCCCCCCCCCCCCCCCCCCCCC(=O)NC(CO)C(O)CCCCCCCCC. The van der Waals surface area contributed by atoms with Crippen molar-refractivity contribution in [3.63, 3.8) is 0 Å². The highest BCUT2D eigenvalue weighted by Crippen LogP contribution is 2.16. The molecule has 0 aliphatic heterocycles. The van der Waals surface area contributed by atoms with Crippen molar-refractivity contribution in [2.24, 2.45) is 0 Å². The molecule has 2 unspecified atom stereocenters. The van der Waals surface area contributed by atoms with Gasteiger partial charge < -0.3 is 15.5 Å². The van der Waals surface area contributed by atoms with Crippen LogP contribution < -0.4 is 5.32 Å². The number of carbonyl (C=O) groups is 1. The first-order chi connectivity index (χ1) is 26.7. The number of allylic oxidation sites excluding steroid dienone is 6. The van der Waals surface area contributed by atoms with Crippen molar-refractivity contribution in [1.82, 2.24) is 5.32 Å². The molecular formula is C50H95NO3. The van der Waals surface area contributed by atoms with E-state index in [-0.39, 0.29) is 12.5 Å². The standard InChI is InChI=1S/C50H95NO3/c1-3-5-7-9-11-12-13-14-15-16-17-18-19-20-21-22-23-24-25-26-27-28-29-30-31-32-33-34-35-36-37-38-40-42-44-46-50(54)51-48(47-52)49(53)45-43-41-39-10-8-6-4-2/h13-14,16-17,19-20,48-49,52-53H,3-12,15,18,21-47H2,1-2H3,(H,51,54)/b14-13-,17-16-,20-19-. The third-order valence-electron chi connectivity index (χ3n) is 11.2. The van der Waals surface area contributed by atoms with E-state index in [0.717, 1.165) is 38.5 Å². The number of aliphatic hydroxyl groups is 2. The highest BCUT2D eigenvalue weighted by Gasteiger charge is 2.20. The lowest BCUT2D eigenvalue weighted by molar-refractivity contribution is -0.123. The summed E-state index contributed by atoms with van der Waals surface area (Å²) in [6, 6.07) is -0.531. The van der Waals surface area contributed by atoms with Crippen molar-refractivity contribution in [2.75, 3.05) is 6.61 Å². The number of nitrogens with one attached hydrogen (secondary N) is 1. The summed E-state index contributed by atoms with van der Waals surface area (Å²) in [5.74, 6) is -0.0330. The van der Waals surface area contributed by atoms with Gasteiger partial charge in [0.25, 0.3) is 0 Å². The van der Waals surface area contributed by atoms with Crippen molar-refractivity contribution in [1.29, 1.82) is 0 Å². The van der Waals surface area contributed by atoms with Crippen molar-refractivity contribution >= 4 is 5.91 Å². The van der Waals surface area contributed by atoms with Crippen LogP contribution >= 0.6 is 0 Å². The molecule has 0 aliphatic carbocycles. The predicted molar refractivity (Wildman–Crippen MR) is 239 cm³/mol. The molecule has 4 nitrogen and oxygen atoms in total. The van der Waals surface area contributed by atoms with Crippen molar-refractivity contribution in [2.45, 2.75) is 270 Å². The summed E-state index contributed by atoms with van der Waals surface area (Å²) >= 11 is 0. The smallest absolute Gasteiger partial charge is 0.220 e. The van der Waals surface area contributed by atoms with Crippen LogP contribution in [0, 0.1) is 0 Å². The fraction of sp³-hybridized carbons (Fsp3) is 0.860. The minimum absolute atomic E-state index is 0.0330. The van der Waals surface area contributed by atoms with E-state index >= 15 is 0 Å². The lowest BCUT2D eigenvalue weighted by atomic mass is 10.0. The topological polar surface area (TPSA) is 69.6 Å². The number of carbonyl (C=O) groups excluding carboxylic acids is 1. The van der Waals surface area contributed by atoms with Crippen LogP contribution in [0.15, 0.2) is 36.5 Å². The van der Waals surface area contributed by atoms with Gasteiger partial charge in [-0.2, -0.15) is 0 Å². The van der Waals surface area contributed by atoms with E-state index in [1.807, 2.05) is 0 Å². The van der Waals surface area contributed by atoms with Gasteiger partial charge in [-0.3, -0.25) is 4.79 Å². The molecular weight excluding hydrogens is 663 g/mol. The van der Waals surface area contributed by atoms with Gasteiger partial charge in [-0.05, 0) is 51.4 Å². The number of amides is 1. The molecule has 0 saturated carbocycles. The normalized spacial score (nSPS) is 13.2. The Kier molecular flexibility index (Phi) is 44.8. The molecule has 4 heteroatoms. The zero-order chi connectivity index (χ0) is 39.3. The van der Waals surface area contributed by atoms with Crippen molar-refractivity contribution < 1.29 is 15.0 Å². The zero-order valence-corrected chi connectivity index (χ0v) is 36.5. The predicted octanol–water partition coefficient (Wildman–Crippen LogP) is 15.4. The van der Waals surface area contributed by atoms with E-state index in [1.54, 1.807) is 0 Å². The number of unbranched alkanes of at least 4 members (excludes halogenated alkanes) is 31. The Labute approximate surface area is 338 Å². The highest BCUT2D eigenvalue weighted by molar-refractivity contribution is 5.76. The van der Waals surface area contributed by atoms with E-state index in [4.69, 9.17) is 0 Å². The first-order valence-electron chi connectivity index (χ1n) is 24.2. The van der Waals surface area contributed by atoms with Crippen LogP contribution in [-0.2, 0) is 4.79 Å². The van der Waals surface area contributed by atoms with Gasteiger partial charge >= 0.3 is 0 Å². The second-order valence-corrected chi connectivity index (χ2v) is 16.5. The molecule has 0 aromatic heterocycles. The van der Waals surface area contributed by atoms with Gasteiger partial charge in [0.15, 0.2) is 0 Å². The van der Waals surface area contributed by atoms with E-state index in [1.165, 1.54) is 193 Å². The average molecular weight is 758 g/mol. The summed E-state index contributed by atoms with van der Waals surface area (Å²) in [4.78, 5) is 12.3. The monoisotopic (exact) mass is 758 g/mol. The maximum absolute atomic E-state index is 12.3. The minimum atomic E-state index is -0.654. The fourth-order valence-corrected chi connectivity index (χ4v) is 7.43. The Morgan fingerprint density at radius 2 is 0.759 bits per heavy atom. The molecule has 2 atom stereocenters. The molecule has 3 N–H and O–H groups in total. The van der Waals surface area contributed by atoms with Crippen LogP contribution in [0.3, 0.4) is 0 Å². The zero-order valence-electron chi connectivity index (χ0n) is 36.5. The summed E-state index contributed by atoms with van der Waals surface area (Å²) in [5, 5.41) is 23.0. The Morgan fingerprint density at radius 3 is 1.13 bits per heavy atom. The summed E-state index contributed by atoms with van der Waals surface area (Å²) in [7, 11) is 0. The Bertz CT molecular complexity index is 821. The number of hydrogen-bond donors (Lipinski definition) is 3. The molecule has 1 amide bonds. The summed E-state index contributed by atoms with van der Waals surface area (Å²) in [6.45, 7) is 4.31. The van der Waals surface area contributed by atoms with E-state index in [9.17, 15) is 15.0 Å². The molecule has 318 valence electrons. The van der Waals surface area contributed by atoms with Crippen molar-refractivity contribution in [3.8, 4) is 0 Å². The number of hydrogen-bond acceptors (Lipinski definition) is 3. The molecule has 0 bridgehead atoms. The van der Waals surface area contributed by atoms with Gasteiger partial charge in [-0.1, -0.05) is 237 Å². The van der Waals surface area contributed by atoms with E-state index in [0.29, 0.717) is 12.8 Å². The first-order valence-corrected chi connectivity index (χ1v) is 24.2. The van der Waals surface area contributed by atoms with Gasteiger partial charge in [0.1, 0.15) is 0 Å². The summed E-state index contributed by atoms with van der Waals surface area (Å²) < 4.78 is 0. The van der Waals surface area contributed by atoms with Crippen LogP contribution in [0.1, 0.15) is 258 Å². The molecule has 0 heterocycles. The lowest BCUT2D eigenvalue weighted by Gasteiger charge is -2.22. The molecule has 54 heavy (non-hydrogen) atoms. The minimum Gasteiger partial charge on any atom is -0.394 e. The molecule has 0 aromatic rings. The molecule has 0 fully saturated rings. The quantitative estimate of drug-likeness (QED) is 0.0428. The van der Waals surface area contributed by atoms with Crippen molar-refractivity contribution in [3.05, 3.63) is 36.5 Å². The Morgan fingerprint density at radius 1 is 0.444 bits per heavy atom. The second kappa shape index (κ2) is 46.0. The lowest BCUT2D eigenvalue weighted by Crippen LogP contribution is -2.45. The third-order valence-corrected chi connectivity index (χ3v) is 11.2. The maximum Gasteiger partial charge on any atom is 0.220 e. The van der Waals surface area contributed by atoms with Crippen LogP contribution in [0.2, 0.25) is 0 Å². The molecule has 0 spiro atoms. The molecule has 0 aliphatic rings. The van der Waals surface area contributed by atoms with Crippen LogP contribution in [-0.4, -0.2) is 34.9 Å². The van der Waals surface area contributed by atoms with Crippen LogP contribution in [0.5, 0.6) is 0 Å². The van der Waals surface area contributed by atoms with Gasteiger partial charge in [-0.25, -0.2) is 0 Å². The largest absolute Gasteiger partial charge is 0.394 e. The van der Waals surface area contributed by atoms with Gasteiger partial charge in [-0.15, -0.1) is 0 Å². The van der Waals surface area contributed by atoms with Crippen LogP contribution in [0.4, 0.5) is 0 Å². The molecule has 0 aromatic carbocycles. The van der Waals surface area contributed by atoms with Gasteiger partial charge in [0.2, 0.25) is 5.91 Å². The average Bonchev–Trinajstić information content (AvgIpc) is 3.18. The second-order valence-electron chi connectivity index (χ2n) is 16.5. The highest BCUT2D eigenvalue weighted by atomic mass is 16.3. The molecule has 0 radical (unpaired) electrons.